The van der Waals surface area contributed by atoms with Gasteiger partial charge >= 0.3 is 0 Å². The monoisotopic (exact) mass is 406 g/mol. The smallest absolute Gasteiger partial charge is 0.255 e. The van der Waals surface area contributed by atoms with Gasteiger partial charge in [-0.2, -0.15) is 5.10 Å². The number of carbonyl (C=O) groups is 1. The first-order chi connectivity index (χ1) is 14.7. The molecule has 9 heteroatoms. The van der Waals surface area contributed by atoms with Gasteiger partial charge in [0.25, 0.3) is 5.91 Å². The van der Waals surface area contributed by atoms with Crippen molar-refractivity contribution >= 4 is 11.9 Å². The Labute approximate surface area is 173 Å². The fourth-order valence-electron chi connectivity index (χ4n) is 3.79. The molecule has 5 rings (SSSR count). The minimum Gasteiger partial charge on any atom is -0.486 e. The zero-order valence-corrected chi connectivity index (χ0v) is 16.6. The molecule has 1 amide bonds. The number of anilines is 1. The number of hydrogen-bond acceptors (Lipinski definition) is 7. The molecule has 1 aromatic carbocycles. The predicted molar refractivity (Wildman–Crippen MR) is 110 cm³/mol. The molecule has 2 aromatic heterocycles. The molecule has 0 spiro atoms. The number of hydrogen-bond donors (Lipinski definition) is 1. The van der Waals surface area contributed by atoms with Crippen LogP contribution in [0.25, 0.3) is 11.3 Å². The van der Waals surface area contributed by atoms with E-state index in [4.69, 9.17) is 9.47 Å². The second-order valence-electron chi connectivity index (χ2n) is 7.38. The molecule has 4 heterocycles. The Morgan fingerprint density at radius 1 is 1.23 bits per heavy atom. The molecular formula is C21H22N6O3. The van der Waals surface area contributed by atoms with Gasteiger partial charge in [-0.15, -0.1) is 0 Å². The summed E-state index contributed by atoms with van der Waals surface area (Å²) in [5, 5.41) is 7.31. The van der Waals surface area contributed by atoms with Gasteiger partial charge in [-0.3, -0.25) is 9.48 Å². The number of fused-ring (bicyclic) bond motifs is 1. The van der Waals surface area contributed by atoms with E-state index in [1.165, 1.54) is 0 Å². The number of benzene rings is 1. The summed E-state index contributed by atoms with van der Waals surface area (Å²) in [5.74, 6) is 1.63. The zero-order valence-electron chi connectivity index (χ0n) is 16.6. The van der Waals surface area contributed by atoms with Crippen LogP contribution in [0.2, 0.25) is 0 Å². The van der Waals surface area contributed by atoms with Crippen LogP contribution in [0.4, 0.5) is 5.95 Å². The lowest BCUT2D eigenvalue weighted by atomic mass is 10.1. The Morgan fingerprint density at radius 3 is 3.00 bits per heavy atom. The number of nitrogens with one attached hydrogen (secondary N) is 1. The van der Waals surface area contributed by atoms with E-state index in [2.05, 4.69) is 25.3 Å². The van der Waals surface area contributed by atoms with Crippen LogP contribution < -0.4 is 19.7 Å². The van der Waals surface area contributed by atoms with E-state index in [-0.39, 0.29) is 11.9 Å². The molecule has 1 unspecified atom stereocenters. The van der Waals surface area contributed by atoms with E-state index >= 15 is 0 Å². The highest BCUT2D eigenvalue weighted by atomic mass is 16.6. The third-order valence-electron chi connectivity index (χ3n) is 5.26. The molecule has 2 aliphatic rings. The van der Waals surface area contributed by atoms with Gasteiger partial charge in [0.2, 0.25) is 5.95 Å². The molecule has 0 saturated carbocycles. The summed E-state index contributed by atoms with van der Waals surface area (Å²) in [6, 6.07) is 7.26. The second-order valence-corrected chi connectivity index (χ2v) is 7.38. The minimum absolute atomic E-state index is 0.00325. The zero-order chi connectivity index (χ0) is 20.5. The first-order valence-corrected chi connectivity index (χ1v) is 9.94. The lowest BCUT2D eigenvalue weighted by molar-refractivity contribution is 0.0929. The Balaban J connectivity index is 1.27. The molecule has 1 fully saturated rings. The van der Waals surface area contributed by atoms with Crippen LogP contribution in [0.5, 0.6) is 11.5 Å². The topological polar surface area (TPSA) is 94.4 Å². The SMILES string of the molecule is Cn1cc(-c2ccnc(N3CCC(NC(=O)c4cccc5c4OCCO5)C3)n2)cn1. The van der Waals surface area contributed by atoms with E-state index in [0.29, 0.717) is 42.8 Å². The Morgan fingerprint density at radius 2 is 2.13 bits per heavy atom. The highest BCUT2D eigenvalue weighted by Gasteiger charge is 2.28. The number of aromatic nitrogens is 4. The molecular weight excluding hydrogens is 384 g/mol. The molecule has 30 heavy (non-hydrogen) atoms. The lowest BCUT2D eigenvalue weighted by Crippen LogP contribution is -2.37. The molecule has 1 N–H and O–H groups in total. The first kappa shape index (κ1) is 18.4. The average molecular weight is 406 g/mol. The normalized spacial score (nSPS) is 17.8. The maximum absolute atomic E-state index is 12.9. The van der Waals surface area contributed by atoms with E-state index in [1.807, 2.05) is 25.4 Å². The van der Waals surface area contributed by atoms with Crippen molar-refractivity contribution in [3.8, 4) is 22.8 Å². The van der Waals surface area contributed by atoms with Crippen LogP contribution in [-0.4, -0.2) is 58.0 Å². The quantitative estimate of drug-likeness (QED) is 0.704. The first-order valence-electron chi connectivity index (χ1n) is 9.94. The van der Waals surface area contributed by atoms with Crippen molar-refractivity contribution in [2.45, 2.75) is 12.5 Å². The molecule has 0 aliphatic carbocycles. The van der Waals surface area contributed by atoms with Gasteiger partial charge in [-0.25, -0.2) is 9.97 Å². The summed E-state index contributed by atoms with van der Waals surface area (Å²) in [7, 11) is 1.88. The third-order valence-corrected chi connectivity index (χ3v) is 5.26. The van der Waals surface area contributed by atoms with Crippen LogP contribution >= 0.6 is 0 Å². The molecule has 1 atom stereocenters. The van der Waals surface area contributed by atoms with Crippen molar-refractivity contribution in [1.29, 1.82) is 0 Å². The van der Waals surface area contributed by atoms with E-state index in [0.717, 1.165) is 24.2 Å². The van der Waals surface area contributed by atoms with Gasteiger partial charge in [0.15, 0.2) is 11.5 Å². The van der Waals surface area contributed by atoms with Crippen molar-refractivity contribution in [2.24, 2.45) is 7.05 Å². The van der Waals surface area contributed by atoms with E-state index < -0.39 is 0 Å². The summed E-state index contributed by atoms with van der Waals surface area (Å²) >= 11 is 0. The molecule has 1 saturated heterocycles. The minimum atomic E-state index is -0.158. The third kappa shape index (κ3) is 3.54. The van der Waals surface area contributed by atoms with Crippen molar-refractivity contribution in [3.05, 3.63) is 48.4 Å². The second kappa shape index (κ2) is 7.66. The summed E-state index contributed by atoms with van der Waals surface area (Å²) in [5.41, 5.74) is 2.27. The number of rotatable bonds is 4. The maximum Gasteiger partial charge on any atom is 0.255 e. The van der Waals surface area contributed by atoms with Gasteiger partial charge < -0.3 is 19.7 Å². The number of aryl methyl sites for hydroxylation is 1. The summed E-state index contributed by atoms with van der Waals surface area (Å²) in [4.78, 5) is 24.0. The van der Waals surface area contributed by atoms with Crippen molar-refractivity contribution in [1.82, 2.24) is 25.1 Å². The number of para-hydroxylation sites is 1. The van der Waals surface area contributed by atoms with Gasteiger partial charge in [0, 0.05) is 44.1 Å². The predicted octanol–water partition coefficient (Wildman–Crippen LogP) is 1.66. The fraction of sp³-hybridized carbons (Fsp3) is 0.333. The molecule has 9 nitrogen and oxygen atoms in total. The molecule has 154 valence electrons. The van der Waals surface area contributed by atoms with Crippen molar-refractivity contribution in [2.75, 3.05) is 31.2 Å². The Bertz CT molecular complexity index is 1080. The summed E-state index contributed by atoms with van der Waals surface area (Å²) in [6.07, 6.45) is 6.28. The standard InChI is InChI=1S/C21H22N6O3/c1-26-12-14(11-23-26)17-5-7-22-21(25-17)27-8-6-15(13-27)24-20(28)16-3-2-4-18-19(16)30-10-9-29-18/h2-5,7,11-12,15H,6,8-10,13H2,1H3,(H,24,28). The van der Waals surface area contributed by atoms with Gasteiger partial charge in [0.1, 0.15) is 13.2 Å². The fourth-order valence-corrected chi connectivity index (χ4v) is 3.79. The molecule has 3 aromatic rings. The van der Waals surface area contributed by atoms with Crippen LogP contribution in [-0.2, 0) is 7.05 Å². The highest BCUT2D eigenvalue weighted by Crippen LogP contribution is 2.33. The van der Waals surface area contributed by atoms with Gasteiger partial charge in [-0.1, -0.05) is 6.07 Å². The largest absolute Gasteiger partial charge is 0.486 e. The Kier molecular flexibility index (Phi) is 4.70. The van der Waals surface area contributed by atoms with E-state index in [1.54, 1.807) is 29.2 Å². The number of carbonyl (C=O) groups excluding carboxylic acids is 1. The molecule has 0 radical (unpaired) electrons. The molecule has 0 bridgehead atoms. The van der Waals surface area contributed by atoms with Crippen LogP contribution in [0.3, 0.4) is 0 Å². The van der Waals surface area contributed by atoms with Crippen molar-refractivity contribution < 1.29 is 14.3 Å². The van der Waals surface area contributed by atoms with Crippen LogP contribution in [0, 0.1) is 0 Å². The average Bonchev–Trinajstić information content (AvgIpc) is 3.42. The maximum atomic E-state index is 12.9. The van der Waals surface area contributed by atoms with Gasteiger partial charge in [0.05, 0.1) is 17.5 Å². The number of amides is 1. The summed E-state index contributed by atoms with van der Waals surface area (Å²) < 4.78 is 13.0. The van der Waals surface area contributed by atoms with Crippen LogP contribution in [0.15, 0.2) is 42.9 Å². The highest BCUT2D eigenvalue weighted by molar-refractivity contribution is 5.98. The number of nitrogens with zero attached hydrogens (tertiary/aromatic N) is 5. The molecule has 2 aliphatic heterocycles. The van der Waals surface area contributed by atoms with Gasteiger partial charge in [-0.05, 0) is 24.6 Å². The lowest BCUT2D eigenvalue weighted by Gasteiger charge is -2.21. The van der Waals surface area contributed by atoms with Crippen molar-refractivity contribution in [3.63, 3.8) is 0 Å². The number of ether oxygens (including phenoxy) is 2. The Hall–Kier alpha value is -3.62. The van der Waals surface area contributed by atoms with Crippen LogP contribution in [0.1, 0.15) is 16.8 Å². The van der Waals surface area contributed by atoms with E-state index in [9.17, 15) is 4.79 Å². The summed E-state index contributed by atoms with van der Waals surface area (Å²) in [6.45, 7) is 2.36.